The second kappa shape index (κ2) is 6.31. The van der Waals surface area contributed by atoms with E-state index in [0.717, 1.165) is 14.1 Å². The molecule has 0 spiro atoms. The molecule has 0 radical (unpaired) electrons. The smallest absolute Gasteiger partial charge is 0.519 e. The predicted octanol–water partition coefficient (Wildman–Crippen LogP) is 0.321. The quantitative estimate of drug-likeness (QED) is 0.840. The van der Waals surface area contributed by atoms with Crippen molar-refractivity contribution in [3.05, 3.63) is 18.7 Å². The molecule has 1 atom stereocenters. The summed E-state index contributed by atoms with van der Waals surface area (Å²) in [5.74, 6) is 0. The molecule has 112 valence electrons. The number of nitrogens with one attached hydrogen (secondary N) is 1. The third-order valence-electron chi connectivity index (χ3n) is 1.35. The molecular formula is C6H10F3N4O4S2-. The minimum atomic E-state index is -6.01. The van der Waals surface area contributed by atoms with Crippen molar-refractivity contribution in [2.24, 2.45) is 3.77 Å². The molecule has 1 unspecified atom stereocenters. The van der Waals surface area contributed by atoms with Gasteiger partial charge in [-0.3, -0.25) is 0 Å². The van der Waals surface area contributed by atoms with E-state index in [1.54, 1.807) is 22.5 Å². The molecule has 0 aliphatic heterocycles. The first kappa shape index (κ1) is 17.8. The molecule has 8 nitrogen and oxygen atoms in total. The topological polar surface area (TPSA) is 119 Å². The lowest BCUT2D eigenvalue weighted by molar-refractivity contribution is -0.0435. The number of alkyl halides is 3. The van der Waals surface area contributed by atoms with Gasteiger partial charge in [0.1, 0.15) is 0 Å². The van der Waals surface area contributed by atoms with Gasteiger partial charge in [-0.05, 0) is 14.1 Å². The van der Waals surface area contributed by atoms with Crippen molar-refractivity contribution in [1.29, 1.82) is 0 Å². The van der Waals surface area contributed by atoms with Crippen LogP contribution in [0.3, 0.4) is 0 Å². The molecule has 1 aromatic rings. The van der Waals surface area contributed by atoms with E-state index in [2.05, 4.69) is 9.97 Å². The van der Waals surface area contributed by atoms with Crippen molar-refractivity contribution in [2.75, 3.05) is 14.1 Å². The van der Waals surface area contributed by atoms with E-state index < -0.39 is 25.7 Å². The summed E-state index contributed by atoms with van der Waals surface area (Å²) in [5, 5.41) is 0. The maximum atomic E-state index is 11.7. The third-order valence-corrected chi connectivity index (χ3v) is 4.40. The summed E-state index contributed by atoms with van der Waals surface area (Å²) in [7, 11) is -9.09. The Morgan fingerprint density at radius 3 is 2.05 bits per heavy atom. The van der Waals surface area contributed by atoms with E-state index >= 15 is 0 Å². The highest BCUT2D eigenvalue weighted by Gasteiger charge is 2.46. The van der Waals surface area contributed by atoms with Crippen LogP contribution in [0, 0.1) is 0 Å². The van der Waals surface area contributed by atoms with Crippen LogP contribution in [0.15, 0.2) is 22.5 Å². The number of halogens is 3. The molecule has 0 aliphatic carbocycles. The number of aromatic nitrogens is 2. The Morgan fingerprint density at radius 1 is 1.32 bits per heavy atom. The monoisotopic (exact) mass is 323 g/mol. The standard InChI is InChI=1S/C3H7F3N2O4S2.C3H4N2/c1-8(2)14(11,12)7-13(9,10)3(4,5)6;1-2-5-3-4-1/h1-2H3,(H,7,11,12);1-3H,(H,4,5)/p-1. The summed E-state index contributed by atoms with van der Waals surface area (Å²) in [6.45, 7) is 0. The van der Waals surface area contributed by atoms with Gasteiger partial charge >= 0.3 is 15.5 Å². The summed E-state index contributed by atoms with van der Waals surface area (Å²) in [6.07, 6.45) is 5.08. The normalized spacial score (nSPS) is 15.3. The molecule has 0 aliphatic rings. The molecule has 0 saturated carbocycles. The largest absolute Gasteiger partial charge is 0.751 e. The summed E-state index contributed by atoms with van der Waals surface area (Å²) in [5.41, 5.74) is -5.71. The number of hydrogen-bond donors (Lipinski definition) is 1. The van der Waals surface area contributed by atoms with Crippen molar-refractivity contribution in [3.63, 3.8) is 0 Å². The van der Waals surface area contributed by atoms with Crippen LogP contribution in [0.1, 0.15) is 0 Å². The van der Waals surface area contributed by atoms with Crippen molar-refractivity contribution in [1.82, 2.24) is 14.3 Å². The van der Waals surface area contributed by atoms with E-state index in [1.807, 2.05) is 0 Å². The molecule has 0 saturated heterocycles. The number of nitrogens with zero attached hydrogens (tertiary/aromatic N) is 3. The highest BCUT2D eigenvalue weighted by Crippen LogP contribution is 2.25. The van der Waals surface area contributed by atoms with Gasteiger partial charge in [0.25, 0.3) is 0 Å². The van der Waals surface area contributed by atoms with Crippen LogP contribution in [0.5, 0.6) is 0 Å². The lowest BCUT2D eigenvalue weighted by atomic mass is 11.0. The van der Waals surface area contributed by atoms with Gasteiger partial charge in [-0.15, -0.1) is 3.77 Å². The van der Waals surface area contributed by atoms with Gasteiger partial charge in [0.2, 0.25) is 0 Å². The molecule has 1 N–H and O–H groups in total. The fourth-order valence-corrected chi connectivity index (χ4v) is 2.31. The zero-order valence-electron chi connectivity index (χ0n) is 9.66. The van der Waals surface area contributed by atoms with E-state index in [1.165, 1.54) is 0 Å². The fourth-order valence-electron chi connectivity index (χ4n) is 0.448. The average Bonchev–Trinajstić information content (AvgIpc) is 2.70. The van der Waals surface area contributed by atoms with Crippen LogP contribution in [0.2, 0.25) is 0 Å². The molecule has 1 aromatic heterocycles. The van der Waals surface area contributed by atoms with Crippen molar-refractivity contribution in [2.45, 2.75) is 5.51 Å². The molecule has 0 amide bonds. The Morgan fingerprint density at radius 2 is 1.84 bits per heavy atom. The van der Waals surface area contributed by atoms with Gasteiger partial charge in [-0.25, -0.2) is 13.5 Å². The van der Waals surface area contributed by atoms with Crippen LogP contribution in [-0.4, -0.2) is 51.1 Å². The maximum Gasteiger partial charge on any atom is 0.519 e. The van der Waals surface area contributed by atoms with E-state index in [4.69, 9.17) is 0 Å². The van der Waals surface area contributed by atoms with Gasteiger partial charge in [0.15, 0.2) is 0 Å². The first-order valence-corrected chi connectivity index (χ1v) is 7.14. The van der Waals surface area contributed by atoms with Crippen molar-refractivity contribution in [3.8, 4) is 0 Å². The van der Waals surface area contributed by atoms with Gasteiger partial charge in [-0.1, -0.05) is 0 Å². The van der Waals surface area contributed by atoms with E-state index in [-0.39, 0.29) is 4.31 Å². The Kier molecular flexibility index (Phi) is 5.92. The van der Waals surface area contributed by atoms with Gasteiger partial charge in [0, 0.05) is 12.4 Å². The minimum absolute atomic E-state index is 0.246. The third kappa shape index (κ3) is 6.00. The van der Waals surface area contributed by atoms with Gasteiger partial charge < -0.3 is 9.54 Å². The molecule has 0 bridgehead atoms. The van der Waals surface area contributed by atoms with E-state index in [9.17, 15) is 30.4 Å². The Hall–Kier alpha value is -1.18. The molecule has 19 heavy (non-hydrogen) atoms. The molecule has 13 heteroatoms. The van der Waals surface area contributed by atoms with Crippen LogP contribution in [0.4, 0.5) is 13.2 Å². The SMILES string of the molecule is CN(C)S(=O)([O-])=NS(=O)(=O)C(F)(F)F.c1c[nH]cn1. The summed E-state index contributed by atoms with van der Waals surface area (Å²) in [4.78, 5) is 6.42. The highest BCUT2D eigenvalue weighted by atomic mass is 32.3. The first-order chi connectivity index (χ1) is 8.40. The summed E-state index contributed by atoms with van der Waals surface area (Å²) >= 11 is 0. The molecule has 1 rings (SSSR count). The number of imidazole rings is 1. The molecule has 0 fully saturated rings. The molecule has 0 aromatic carbocycles. The zero-order valence-corrected chi connectivity index (χ0v) is 11.3. The Balaban J connectivity index is 0.000000532. The van der Waals surface area contributed by atoms with Crippen LogP contribution in [-0.2, 0) is 20.2 Å². The number of sulfonamides is 1. The summed E-state index contributed by atoms with van der Waals surface area (Å²) in [6, 6.07) is 0. The second-order valence-corrected chi connectivity index (χ2v) is 6.65. The lowest BCUT2D eigenvalue weighted by Crippen LogP contribution is -2.27. The number of hydrogen-bond acceptors (Lipinski definition) is 5. The van der Waals surface area contributed by atoms with Gasteiger partial charge in [0.05, 0.1) is 16.5 Å². The predicted molar refractivity (Wildman–Crippen MR) is 58.6 cm³/mol. The summed E-state index contributed by atoms with van der Waals surface area (Å²) < 4.78 is 78.9. The van der Waals surface area contributed by atoms with Crippen molar-refractivity contribution < 1.29 is 30.4 Å². The van der Waals surface area contributed by atoms with Crippen LogP contribution < -0.4 is 0 Å². The fraction of sp³-hybridized carbons (Fsp3) is 0.500. The van der Waals surface area contributed by atoms with Gasteiger partial charge in [-0.2, -0.15) is 21.6 Å². The zero-order chi connectivity index (χ0) is 15.3. The number of H-pyrrole nitrogens is 1. The first-order valence-electron chi connectivity index (χ1n) is 4.31. The van der Waals surface area contributed by atoms with Crippen molar-refractivity contribution >= 4 is 20.2 Å². The second-order valence-electron chi connectivity index (χ2n) is 3.02. The number of aromatic amines is 1. The highest BCUT2D eigenvalue weighted by molar-refractivity contribution is 8.00. The van der Waals surface area contributed by atoms with Crippen LogP contribution in [0.25, 0.3) is 0 Å². The number of rotatable bonds is 2. The minimum Gasteiger partial charge on any atom is -0.751 e. The Bertz CT molecular complexity index is 569. The van der Waals surface area contributed by atoms with Crippen LogP contribution >= 0.6 is 0 Å². The maximum absolute atomic E-state index is 11.7. The lowest BCUT2D eigenvalue weighted by Gasteiger charge is -2.20. The average molecular weight is 323 g/mol. The molecule has 1 heterocycles. The molecular weight excluding hydrogens is 313 g/mol. The van der Waals surface area contributed by atoms with E-state index in [0.29, 0.717) is 0 Å². The Labute approximate surface area is 107 Å².